The van der Waals surface area contributed by atoms with Crippen molar-refractivity contribution in [1.82, 2.24) is 4.90 Å². The largest absolute Gasteiger partial charge is 0.462 e. The molecule has 2 aliphatic heterocycles. The van der Waals surface area contributed by atoms with E-state index in [2.05, 4.69) is 10.2 Å². The maximum Gasteiger partial charge on any atom is 0.343 e. The smallest absolute Gasteiger partial charge is 0.343 e. The van der Waals surface area contributed by atoms with Crippen LogP contribution in [-0.2, 0) is 20.8 Å². The summed E-state index contributed by atoms with van der Waals surface area (Å²) in [6, 6.07) is 9.47. The van der Waals surface area contributed by atoms with Gasteiger partial charge in [-0.3, -0.25) is 9.69 Å². The van der Waals surface area contributed by atoms with Gasteiger partial charge in [0.1, 0.15) is 11.4 Å². The molecule has 0 amide bonds. The first kappa shape index (κ1) is 22.8. The lowest BCUT2D eigenvalue weighted by atomic mass is 10.0. The number of nitrogens with one attached hydrogen (secondary N) is 1. The molecule has 1 fully saturated rings. The van der Waals surface area contributed by atoms with Crippen molar-refractivity contribution in [3.8, 4) is 11.5 Å². The molecule has 0 unspecified atom stereocenters. The molecule has 0 saturated carbocycles. The van der Waals surface area contributed by atoms with Gasteiger partial charge in [0.05, 0.1) is 25.4 Å². The van der Waals surface area contributed by atoms with E-state index in [1.54, 1.807) is 31.2 Å². The molecule has 0 spiro atoms. The van der Waals surface area contributed by atoms with Crippen molar-refractivity contribution in [1.29, 1.82) is 0 Å². The highest BCUT2D eigenvalue weighted by Gasteiger charge is 2.25. The monoisotopic (exact) mass is 456 g/mol. The van der Waals surface area contributed by atoms with Crippen LogP contribution in [0.3, 0.4) is 0 Å². The average molecular weight is 456 g/mol. The van der Waals surface area contributed by atoms with Crippen molar-refractivity contribution in [3.63, 3.8) is 0 Å². The van der Waals surface area contributed by atoms with Crippen molar-refractivity contribution < 1.29 is 32.9 Å². The number of halogens is 1. The Bertz CT molecular complexity index is 1060. The van der Waals surface area contributed by atoms with Crippen molar-refractivity contribution >= 4 is 17.4 Å². The van der Waals surface area contributed by atoms with Gasteiger partial charge in [-0.05, 0) is 36.8 Å². The van der Waals surface area contributed by atoms with Crippen molar-refractivity contribution in [2.75, 3.05) is 45.0 Å². The molecular formula is C24H25FN2O6. The van der Waals surface area contributed by atoms with E-state index in [-0.39, 0.29) is 24.5 Å². The summed E-state index contributed by atoms with van der Waals surface area (Å²) in [4.78, 5) is 27.9. The third kappa shape index (κ3) is 5.50. The van der Waals surface area contributed by atoms with E-state index in [4.69, 9.17) is 18.9 Å². The van der Waals surface area contributed by atoms with E-state index in [1.807, 2.05) is 0 Å². The molecule has 4 rings (SSSR count). The molecule has 174 valence electrons. The predicted octanol–water partition coefficient (Wildman–Crippen LogP) is 3.13. The first-order valence-corrected chi connectivity index (χ1v) is 10.7. The van der Waals surface area contributed by atoms with Crippen molar-refractivity contribution in [2.24, 2.45) is 0 Å². The van der Waals surface area contributed by atoms with E-state index in [9.17, 15) is 14.0 Å². The second-order valence-electron chi connectivity index (χ2n) is 7.52. The van der Waals surface area contributed by atoms with E-state index in [0.29, 0.717) is 36.9 Å². The summed E-state index contributed by atoms with van der Waals surface area (Å²) in [5.74, 6) is -1.16. The zero-order valence-corrected chi connectivity index (χ0v) is 18.3. The Labute approximate surface area is 190 Å². The van der Waals surface area contributed by atoms with E-state index in [0.717, 1.165) is 18.7 Å². The fourth-order valence-electron chi connectivity index (χ4n) is 3.58. The van der Waals surface area contributed by atoms with Gasteiger partial charge >= 0.3 is 5.97 Å². The first-order chi connectivity index (χ1) is 16.0. The zero-order valence-electron chi connectivity index (χ0n) is 18.3. The van der Waals surface area contributed by atoms with Crippen LogP contribution >= 0.6 is 0 Å². The number of rotatable bonds is 8. The predicted molar refractivity (Wildman–Crippen MR) is 118 cm³/mol. The molecule has 2 aliphatic rings. The van der Waals surface area contributed by atoms with Gasteiger partial charge in [-0.1, -0.05) is 6.07 Å². The van der Waals surface area contributed by atoms with E-state index < -0.39 is 17.6 Å². The minimum absolute atomic E-state index is 0.0764. The highest BCUT2D eigenvalue weighted by atomic mass is 19.1. The number of ether oxygens (including phenoxy) is 4. The third-order valence-electron chi connectivity index (χ3n) is 5.28. The Kier molecular flexibility index (Phi) is 7.21. The number of morpholine rings is 1. The lowest BCUT2D eigenvalue weighted by molar-refractivity contribution is -0.138. The number of benzene rings is 2. The van der Waals surface area contributed by atoms with Crippen LogP contribution in [0.15, 0.2) is 48.2 Å². The number of nitrogens with zero attached hydrogens (tertiary/aromatic N) is 1. The summed E-state index contributed by atoms with van der Waals surface area (Å²) in [6.45, 7) is 5.17. The second kappa shape index (κ2) is 10.5. The van der Waals surface area contributed by atoms with Gasteiger partial charge in [0, 0.05) is 37.6 Å². The number of hydrogen-bond acceptors (Lipinski definition) is 8. The van der Waals surface area contributed by atoms with Gasteiger partial charge in [0.15, 0.2) is 11.5 Å². The molecular weight excluding hydrogens is 431 g/mol. The van der Waals surface area contributed by atoms with Crippen LogP contribution in [0.2, 0.25) is 0 Å². The molecule has 2 aromatic carbocycles. The Morgan fingerprint density at radius 3 is 2.70 bits per heavy atom. The van der Waals surface area contributed by atoms with Gasteiger partial charge in [-0.2, -0.15) is 0 Å². The van der Waals surface area contributed by atoms with Crippen LogP contribution in [0.5, 0.6) is 11.5 Å². The van der Waals surface area contributed by atoms with Crippen LogP contribution in [0, 0.1) is 5.82 Å². The molecule has 1 N–H and O–H groups in total. The quantitative estimate of drug-likeness (QED) is 0.213. The molecule has 9 heteroatoms. The maximum absolute atomic E-state index is 14.6. The maximum atomic E-state index is 14.6. The molecule has 1 saturated heterocycles. The summed E-state index contributed by atoms with van der Waals surface area (Å²) >= 11 is 0. The molecule has 0 radical (unpaired) electrons. The SMILES string of the molecule is CCOC(=O)/C(=C/Nc1ccc2c(c1)OCO2)C(=O)c1cc(CN2CCOCC2)ccc1F. The number of anilines is 1. The Balaban J connectivity index is 1.57. The molecule has 2 heterocycles. The number of fused-ring (bicyclic) bond motifs is 1. The topological polar surface area (TPSA) is 86.3 Å². The standard InChI is InChI=1S/C24H25FN2O6/c1-2-31-24(29)19(13-26-17-4-6-21-22(12-17)33-15-32-21)23(28)18-11-16(3-5-20(18)25)14-27-7-9-30-10-8-27/h3-6,11-13,26H,2,7-10,14-15H2,1H3/b19-13+. The number of Topliss-reactive ketones (excluding diaryl/α,β-unsaturated/α-hetero) is 1. The Morgan fingerprint density at radius 2 is 1.91 bits per heavy atom. The van der Waals surface area contributed by atoms with Gasteiger partial charge in [-0.15, -0.1) is 0 Å². The number of ketones is 1. The lowest BCUT2D eigenvalue weighted by Gasteiger charge is -2.26. The number of hydrogen-bond donors (Lipinski definition) is 1. The number of carbonyl (C=O) groups is 2. The highest BCUT2D eigenvalue weighted by molar-refractivity contribution is 6.24. The lowest BCUT2D eigenvalue weighted by Crippen LogP contribution is -2.35. The first-order valence-electron chi connectivity index (χ1n) is 10.7. The minimum atomic E-state index is -0.839. The average Bonchev–Trinajstić information content (AvgIpc) is 3.29. The Hall–Kier alpha value is -3.43. The van der Waals surface area contributed by atoms with Crippen LogP contribution in [-0.4, -0.2) is 56.4 Å². The van der Waals surface area contributed by atoms with Crippen molar-refractivity contribution in [2.45, 2.75) is 13.5 Å². The molecule has 0 bridgehead atoms. The fraction of sp³-hybridized carbons (Fsp3) is 0.333. The Morgan fingerprint density at radius 1 is 1.12 bits per heavy atom. The summed E-state index contributed by atoms with van der Waals surface area (Å²) in [6.07, 6.45) is 1.23. The molecule has 0 atom stereocenters. The minimum Gasteiger partial charge on any atom is -0.462 e. The van der Waals surface area contributed by atoms with Gasteiger partial charge in [-0.25, -0.2) is 9.18 Å². The fourth-order valence-corrected chi connectivity index (χ4v) is 3.58. The van der Waals surface area contributed by atoms with Gasteiger partial charge in [0.2, 0.25) is 12.6 Å². The zero-order chi connectivity index (χ0) is 23.2. The molecule has 8 nitrogen and oxygen atoms in total. The van der Waals surface area contributed by atoms with Crippen LogP contribution in [0.4, 0.5) is 10.1 Å². The molecule has 0 aliphatic carbocycles. The third-order valence-corrected chi connectivity index (χ3v) is 5.28. The van der Waals surface area contributed by atoms with E-state index >= 15 is 0 Å². The molecule has 33 heavy (non-hydrogen) atoms. The molecule has 2 aromatic rings. The van der Waals surface area contributed by atoms with E-state index in [1.165, 1.54) is 18.3 Å². The van der Waals surface area contributed by atoms with Gasteiger partial charge in [0.25, 0.3) is 0 Å². The summed E-state index contributed by atoms with van der Waals surface area (Å²) < 4.78 is 35.6. The molecule has 0 aromatic heterocycles. The van der Waals surface area contributed by atoms with Gasteiger partial charge < -0.3 is 24.3 Å². The van der Waals surface area contributed by atoms with Crippen LogP contribution in [0.1, 0.15) is 22.8 Å². The summed E-state index contributed by atoms with van der Waals surface area (Å²) in [5, 5.41) is 2.90. The highest BCUT2D eigenvalue weighted by Crippen LogP contribution is 2.34. The summed E-state index contributed by atoms with van der Waals surface area (Å²) in [5.41, 5.74) is 0.841. The van der Waals surface area contributed by atoms with Crippen LogP contribution < -0.4 is 14.8 Å². The second-order valence-corrected chi connectivity index (χ2v) is 7.52. The van der Waals surface area contributed by atoms with Crippen molar-refractivity contribution in [3.05, 3.63) is 65.1 Å². The normalized spacial score (nSPS) is 15.9. The number of carbonyl (C=O) groups excluding carboxylic acids is 2. The summed E-state index contributed by atoms with van der Waals surface area (Å²) in [7, 11) is 0. The number of esters is 1. The van der Waals surface area contributed by atoms with Crippen LogP contribution in [0.25, 0.3) is 0 Å².